The number of hydrogen-bond acceptors (Lipinski definition) is 4. The minimum atomic E-state index is 0.809. The number of aryl methyl sites for hydroxylation is 2. The van der Waals surface area contributed by atoms with E-state index >= 15 is 0 Å². The molecule has 1 aliphatic heterocycles. The molecule has 1 aliphatic rings. The third-order valence-corrected chi connectivity index (χ3v) is 3.19. The topological polar surface area (TPSA) is 42.3 Å². The molecule has 5 nitrogen and oxygen atoms in total. The van der Waals surface area contributed by atoms with E-state index in [9.17, 15) is 0 Å². The van der Waals surface area contributed by atoms with Crippen LogP contribution in [0.25, 0.3) is 0 Å². The van der Waals surface area contributed by atoms with E-state index in [-0.39, 0.29) is 0 Å². The SMILES string of the molecule is CNCc1c(C)nn(C)c1N1CCCOCC1. The van der Waals surface area contributed by atoms with Gasteiger partial charge in [0.05, 0.1) is 12.3 Å². The Balaban J connectivity index is 2.28. The normalized spacial score (nSPS) is 17.2. The van der Waals surface area contributed by atoms with Gasteiger partial charge in [-0.1, -0.05) is 0 Å². The zero-order chi connectivity index (χ0) is 12.3. The largest absolute Gasteiger partial charge is 0.380 e. The predicted molar refractivity (Wildman–Crippen MR) is 68.4 cm³/mol. The Kier molecular flexibility index (Phi) is 4.02. The molecular weight excluding hydrogens is 216 g/mol. The number of nitrogens with zero attached hydrogens (tertiary/aromatic N) is 3. The molecule has 0 spiro atoms. The van der Waals surface area contributed by atoms with E-state index in [1.807, 2.05) is 18.8 Å². The fraction of sp³-hybridized carbons (Fsp3) is 0.750. The smallest absolute Gasteiger partial charge is 0.131 e. The van der Waals surface area contributed by atoms with Crippen LogP contribution < -0.4 is 10.2 Å². The molecule has 96 valence electrons. The second kappa shape index (κ2) is 5.51. The molecule has 0 bridgehead atoms. The third-order valence-electron chi connectivity index (χ3n) is 3.19. The lowest BCUT2D eigenvalue weighted by Crippen LogP contribution is -2.29. The van der Waals surface area contributed by atoms with Crippen molar-refractivity contribution >= 4 is 5.82 Å². The van der Waals surface area contributed by atoms with E-state index in [0.29, 0.717) is 0 Å². The summed E-state index contributed by atoms with van der Waals surface area (Å²) in [5, 5.41) is 7.75. The number of nitrogens with one attached hydrogen (secondary N) is 1. The Labute approximate surface area is 103 Å². The molecule has 0 unspecified atom stereocenters. The maximum atomic E-state index is 5.51. The molecule has 5 heteroatoms. The maximum absolute atomic E-state index is 5.51. The van der Waals surface area contributed by atoms with Crippen LogP contribution in [-0.4, -0.2) is 43.1 Å². The summed E-state index contributed by atoms with van der Waals surface area (Å²) < 4.78 is 7.50. The average molecular weight is 238 g/mol. The van der Waals surface area contributed by atoms with E-state index in [2.05, 4.69) is 22.2 Å². The molecule has 0 amide bonds. The van der Waals surface area contributed by atoms with E-state index in [1.165, 1.54) is 11.4 Å². The number of anilines is 1. The van der Waals surface area contributed by atoms with Crippen LogP contribution in [0, 0.1) is 6.92 Å². The lowest BCUT2D eigenvalue weighted by molar-refractivity contribution is 0.152. The minimum absolute atomic E-state index is 0.809. The van der Waals surface area contributed by atoms with Gasteiger partial charge in [-0.15, -0.1) is 0 Å². The summed E-state index contributed by atoms with van der Waals surface area (Å²) >= 11 is 0. The first kappa shape index (κ1) is 12.4. The van der Waals surface area contributed by atoms with Gasteiger partial charge in [-0.25, -0.2) is 0 Å². The highest BCUT2D eigenvalue weighted by Crippen LogP contribution is 2.23. The fourth-order valence-electron chi connectivity index (χ4n) is 2.43. The zero-order valence-corrected chi connectivity index (χ0v) is 11.0. The summed E-state index contributed by atoms with van der Waals surface area (Å²) in [7, 11) is 4.00. The molecule has 17 heavy (non-hydrogen) atoms. The molecule has 0 aliphatic carbocycles. The highest BCUT2D eigenvalue weighted by molar-refractivity contribution is 5.50. The summed E-state index contributed by atoms with van der Waals surface area (Å²) in [6.45, 7) is 6.63. The first-order chi connectivity index (χ1) is 8.24. The van der Waals surface area contributed by atoms with Gasteiger partial charge in [-0.05, 0) is 20.4 Å². The van der Waals surface area contributed by atoms with Crippen molar-refractivity contribution in [3.05, 3.63) is 11.3 Å². The summed E-state index contributed by atoms with van der Waals surface area (Å²) in [6, 6.07) is 0. The summed E-state index contributed by atoms with van der Waals surface area (Å²) in [5.41, 5.74) is 2.42. The molecular formula is C12H22N4O. The second-order valence-electron chi connectivity index (χ2n) is 4.49. The summed E-state index contributed by atoms with van der Waals surface area (Å²) in [6.07, 6.45) is 1.09. The van der Waals surface area contributed by atoms with Crippen molar-refractivity contribution in [2.75, 3.05) is 38.3 Å². The molecule has 0 saturated carbocycles. The van der Waals surface area contributed by atoms with Crippen LogP contribution in [0.5, 0.6) is 0 Å². The highest BCUT2D eigenvalue weighted by atomic mass is 16.5. The number of ether oxygens (including phenoxy) is 1. The van der Waals surface area contributed by atoms with Gasteiger partial charge in [-0.2, -0.15) is 5.10 Å². The van der Waals surface area contributed by atoms with Crippen LogP contribution in [0.2, 0.25) is 0 Å². The predicted octanol–water partition coefficient (Wildman–Crippen LogP) is 0.675. The van der Waals surface area contributed by atoms with Crippen LogP contribution >= 0.6 is 0 Å². The number of hydrogen-bond donors (Lipinski definition) is 1. The average Bonchev–Trinajstić information content (AvgIpc) is 2.52. The van der Waals surface area contributed by atoms with E-state index in [1.54, 1.807) is 0 Å². The molecule has 1 aromatic heterocycles. The van der Waals surface area contributed by atoms with Gasteiger partial charge in [0.1, 0.15) is 5.82 Å². The van der Waals surface area contributed by atoms with Crippen LogP contribution in [0.15, 0.2) is 0 Å². The fourth-order valence-corrected chi connectivity index (χ4v) is 2.43. The van der Waals surface area contributed by atoms with Gasteiger partial charge in [0.2, 0.25) is 0 Å². The lowest BCUT2D eigenvalue weighted by atomic mass is 10.2. The van der Waals surface area contributed by atoms with E-state index in [0.717, 1.165) is 45.0 Å². The standard InChI is InChI=1S/C12H22N4O/c1-10-11(9-13-2)12(15(3)14-10)16-5-4-7-17-8-6-16/h13H,4-9H2,1-3H3. The first-order valence-electron chi connectivity index (χ1n) is 6.23. The van der Waals surface area contributed by atoms with Crippen molar-refractivity contribution in [3.63, 3.8) is 0 Å². The Bertz CT molecular complexity index is 367. The number of aromatic nitrogens is 2. The molecule has 1 aromatic rings. The Morgan fingerprint density at radius 2 is 2.18 bits per heavy atom. The van der Waals surface area contributed by atoms with Crippen LogP contribution in [0.3, 0.4) is 0 Å². The number of rotatable bonds is 3. The van der Waals surface area contributed by atoms with Gasteiger partial charge in [0, 0.05) is 38.9 Å². The Morgan fingerprint density at radius 3 is 2.94 bits per heavy atom. The van der Waals surface area contributed by atoms with Crippen molar-refractivity contribution in [1.82, 2.24) is 15.1 Å². The van der Waals surface area contributed by atoms with Gasteiger partial charge >= 0.3 is 0 Å². The van der Waals surface area contributed by atoms with Gasteiger partial charge in [0.25, 0.3) is 0 Å². The molecule has 1 saturated heterocycles. The van der Waals surface area contributed by atoms with Crippen molar-refractivity contribution in [3.8, 4) is 0 Å². The van der Waals surface area contributed by atoms with Crippen LogP contribution in [0.4, 0.5) is 5.82 Å². The first-order valence-corrected chi connectivity index (χ1v) is 6.23. The van der Waals surface area contributed by atoms with Crippen molar-refractivity contribution in [2.45, 2.75) is 19.9 Å². The van der Waals surface area contributed by atoms with Crippen molar-refractivity contribution in [2.24, 2.45) is 7.05 Å². The molecule has 2 rings (SSSR count). The minimum Gasteiger partial charge on any atom is -0.380 e. The quantitative estimate of drug-likeness (QED) is 0.840. The summed E-state index contributed by atoms with van der Waals surface area (Å²) in [4.78, 5) is 2.39. The molecule has 1 N–H and O–H groups in total. The van der Waals surface area contributed by atoms with Crippen molar-refractivity contribution in [1.29, 1.82) is 0 Å². The van der Waals surface area contributed by atoms with Crippen LogP contribution in [-0.2, 0) is 18.3 Å². The Hall–Kier alpha value is -1.07. The van der Waals surface area contributed by atoms with Gasteiger partial charge in [-0.3, -0.25) is 4.68 Å². The van der Waals surface area contributed by atoms with E-state index < -0.39 is 0 Å². The van der Waals surface area contributed by atoms with Gasteiger partial charge < -0.3 is 15.0 Å². The van der Waals surface area contributed by atoms with Crippen LogP contribution in [0.1, 0.15) is 17.7 Å². The third kappa shape index (κ3) is 2.61. The summed E-state index contributed by atoms with van der Waals surface area (Å²) in [5.74, 6) is 1.24. The zero-order valence-electron chi connectivity index (χ0n) is 11.0. The highest BCUT2D eigenvalue weighted by Gasteiger charge is 2.19. The molecule has 1 fully saturated rings. The van der Waals surface area contributed by atoms with E-state index in [4.69, 9.17) is 4.74 Å². The molecule has 0 atom stereocenters. The second-order valence-corrected chi connectivity index (χ2v) is 4.49. The van der Waals surface area contributed by atoms with Gasteiger partial charge in [0.15, 0.2) is 0 Å². The maximum Gasteiger partial charge on any atom is 0.131 e. The monoisotopic (exact) mass is 238 g/mol. The Morgan fingerprint density at radius 1 is 1.35 bits per heavy atom. The van der Waals surface area contributed by atoms with Crippen molar-refractivity contribution < 1.29 is 4.74 Å². The molecule has 2 heterocycles. The molecule has 0 aromatic carbocycles. The lowest BCUT2D eigenvalue weighted by Gasteiger charge is -2.23. The molecule has 0 radical (unpaired) electrons.